The molecule has 0 unspecified atom stereocenters. The van der Waals surface area contributed by atoms with E-state index in [1.165, 1.54) is 37.7 Å². The first-order valence-electron chi connectivity index (χ1n) is 6.73. The van der Waals surface area contributed by atoms with E-state index < -0.39 is 0 Å². The van der Waals surface area contributed by atoms with Crippen LogP contribution < -0.4 is 5.32 Å². The smallest absolute Gasteiger partial charge is 0.0406 e. The summed E-state index contributed by atoms with van der Waals surface area (Å²) in [6.07, 6.45) is 6.67. The van der Waals surface area contributed by atoms with Crippen LogP contribution in [0.3, 0.4) is 0 Å². The van der Waals surface area contributed by atoms with Gasteiger partial charge >= 0.3 is 0 Å². The topological polar surface area (TPSA) is 12.0 Å². The molecule has 1 aromatic rings. The van der Waals surface area contributed by atoms with E-state index in [0.29, 0.717) is 6.04 Å². The Morgan fingerprint density at radius 2 is 1.71 bits per heavy atom. The summed E-state index contributed by atoms with van der Waals surface area (Å²) < 4.78 is 0. The molecule has 1 atom stereocenters. The molecule has 17 heavy (non-hydrogen) atoms. The van der Waals surface area contributed by atoms with Gasteiger partial charge in [-0.1, -0.05) is 56.3 Å². The second-order valence-electron chi connectivity index (χ2n) is 4.64. The van der Waals surface area contributed by atoms with Gasteiger partial charge in [-0.25, -0.2) is 0 Å². The van der Waals surface area contributed by atoms with Gasteiger partial charge in [-0.2, -0.15) is 0 Å². The van der Waals surface area contributed by atoms with Gasteiger partial charge in [0.1, 0.15) is 0 Å². The van der Waals surface area contributed by atoms with Crippen LogP contribution in [0.2, 0.25) is 5.02 Å². The average Bonchev–Trinajstić information content (AvgIpc) is 2.34. The molecule has 0 amide bonds. The summed E-state index contributed by atoms with van der Waals surface area (Å²) in [5.41, 5.74) is 1.31. The lowest BCUT2D eigenvalue weighted by molar-refractivity contribution is 0.531. The molecule has 0 aliphatic heterocycles. The largest absolute Gasteiger partial charge is 0.310 e. The third kappa shape index (κ3) is 6.09. The Morgan fingerprint density at radius 3 is 2.35 bits per heavy atom. The highest BCUT2D eigenvalue weighted by Gasteiger charge is 2.03. The van der Waals surface area contributed by atoms with Crippen molar-refractivity contribution in [2.24, 2.45) is 0 Å². The molecule has 0 spiro atoms. The maximum Gasteiger partial charge on any atom is 0.0406 e. The molecule has 2 heteroatoms. The van der Waals surface area contributed by atoms with Gasteiger partial charge in [0.05, 0.1) is 0 Å². The van der Waals surface area contributed by atoms with Crippen LogP contribution in [0.15, 0.2) is 24.3 Å². The Bertz CT molecular complexity index is 294. The van der Waals surface area contributed by atoms with E-state index in [1.54, 1.807) is 0 Å². The third-order valence-corrected chi connectivity index (χ3v) is 3.35. The summed E-state index contributed by atoms with van der Waals surface area (Å²) in [5.74, 6) is 0. The van der Waals surface area contributed by atoms with Crippen molar-refractivity contribution in [3.05, 3.63) is 34.9 Å². The van der Waals surface area contributed by atoms with Crippen LogP contribution in [0, 0.1) is 0 Å². The lowest BCUT2D eigenvalue weighted by atomic mass is 10.1. The number of unbranched alkanes of at least 4 members (excludes halogenated alkanes) is 4. The first kappa shape index (κ1) is 14.5. The minimum absolute atomic E-state index is 0.415. The van der Waals surface area contributed by atoms with E-state index in [0.717, 1.165) is 11.6 Å². The molecule has 0 radical (unpaired) electrons. The Hall–Kier alpha value is -0.530. The van der Waals surface area contributed by atoms with Gasteiger partial charge in [-0.05, 0) is 37.6 Å². The zero-order valence-corrected chi connectivity index (χ0v) is 11.8. The van der Waals surface area contributed by atoms with E-state index in [4.69, 9.17) is 11.6 Å². The third-order valence-electron chi connectivity index (χ3n) is 3.10. The zero-order chi connectivity index (χ0) is 12.5. The molecule has 1 aromatic carbocycles. The van der Waals surface area contributed by atoms with Gasteiger partial charge in [-0.15, -0.1) is 0 Å². The van der Waals surface area contributed by atoms with Gasteiger partial charge in [-0.3, -0.25) is 0 Å². The molecule has 0 saturated carbocycles. The highest BCUT2D eigenvalue weighted by atomic mass is 35.5. The summed E-state index contributed by atoms with van der Waals surface area (Å²) in [5, 5.41) is 4.36. The quantitative estimate of drug-likeness (QED) is 0.646. The van der Waals surface area contributed by atoms with Crippen molar-refractivity contribution in [1.82, 2.24) is 5.32 Å². The van der Waals surface area contributed by atoms with Gasteiger partial charge in [0.2, 0.25) is 0 Å². The Balaban J connectivity index is 2.16. The predicted molar refractivity (Wildman–Crippen MR) is 76.6 cm³/mol. The lowest BCUT2D eigenvalue weighted by Gasteiger charge is -2.14. The van der Waals surface area contributed by atoms with Crippen molar-refractivity contribution < 1.29 is 0 Å². The zero-order valence-electron chi connectivity index (χ0n) is 11.0. The minimum atomic E-state index is 0.415. The van der Waals surface area contributed by atoms with Crippen LogP contribution in [-0.2, 0) is 0 Å². The fraction of sp³-hybridized carbons (Fsp3) is 0.600. The number of benzene rings is 1. The van der Waals surface area contributed by atoms with Crippen LogP contribution in [-0.4, -0.2) is 6.54 Å². The maximum absolute atomic E-state index is 5.87. The van der Waals surface area contributed by atoms with Crippen molar-refractivity contribution in [2.75, 3.05) is 6.54 Å². The van der Waals surface area contributed by atoms with Gasteiger partial charge in [0, 0.05) is 11.1 Å². The molecule has 0 saturated heterocycles. The Kier molecular flexibility index (Phi) is 7.30. The SMILES string of the molecule is CCCCCCCN[C@@H](C)c1ccc(Cl)cc1. The lowest BCUT2D eigenvalue weighted by Crippen LogP contribution is -2.19. The van der Waals surface area contributed by atoms with Crippen molar-refractivity contribution in [1.29, 1.82) is 0 Å². The van der Waals surface area contributed by atoms with Crippen LogP contribution in [0.4, 0.5) is 0 Å². The molecule has 0 aliphatic carbocycles. The molecule has 0 fully saturated rings. The molecule has 1 N–H and O–H groups in total. The number of nitrogens with one attached hydrogen (secondary N) is 1. The van der Waals surface area contributed by atoms with E-state index in [9.17, 15) is 0 Å². The fourth-order valence-corrected chi connectivity index (χ4v) is 2.04. The highest BCUT2D eigenvalue weighted by molar-refractivity contribution is 6.30. The Morgan fingerprint density at radius 1 is 1.06 bits per heavy atom. The molecule has 1 rings (SSSR count). The summed E-state index contributed by atoms with van der Waals surface area (Å²) in [4.78, 5) is 0. The van der Waals surface area contributed by atoms with Gasteiger partial charge in [0.15, 0.2) is 0 Å². The number of hydrogen-bond acceptors (Lipinski definition) is 1. The van der Waals surface area contributed by atoms with Gasteiger partial charge < -0.3 is 5.32 Å². The van der Waals surface area contributed by atoms with Crippen LogP contribution in [0.25, 0.3) is 0 Å². The second kappa shape index (κ2) is 8.54. The van der Waals surface area contributed by atoms with Crippen LogP contribution in [0.5, 0.6) is 0 Å². The summed E-state index contributed by atoms with van der Waals surface area (Å²) >= 11 is 5.87. The first-order valence-corrected chi connectivity index (χ1v) is 7.10. The molecule has 1 nitrogen and oxygen atoms in total. The standard InChI is InChI=1S/C15H24ClN/c1-3-4-5-6-7-12-17-13(2)14-8-10-15(16)11-9-14/h8-11,13,17H,3-7,12H2,1-2H3/t13-/m0/s1. The molecule has 96 valence electrons. The predicted octanol–water partition coefficient (Wildman–Crippen LogP) is 4.96. The minimum Gasteiger partial charge on any atom is -0.310 e. The van der Waals surface area contributed by atoms with E-state index in [1.807, 2.05) is 12.1 Å². The number of rotatable bonds is 8. The van der Waals surface area contributed by atoms with Crippen molar-refractivity contribution in [2.45, 2.75) is 52.0 Å². The fourth-order valence-electron chi connectivity index (χ4n) is 1.92. The molecular weight excluding hydrogens is 230 g/mol. The molecular formula is C15H24ClN. The van der Waals surface area contributed by atoms with Crippen molar-refractivity contribution in [3.8, 4) is 0 Å². The molecule has 0 aliphatic rings. The summed E-state index contributed by atoms with van der Waals surface area (Å²) in [7, 11) is 0. The average molecular weight is 254 g/mol. The monoisotopic (exact) mass is 253 g/mol. The normalized spacial score (nSPS) is 12.6. The van der Waals surface area contributed by atoms with Crippen molar-refractivity contribution in [3.63, 3.8) is 0 Å². The van der Waals surface area contributed by atoms with E-state index in [-0.39, 0.29) is 0 Å². The second-order valence-corrected chi connectivity index (χ2v) is 5.08. The summed E-state index contributed by atoms with van der Waals surface area (Å²) in [6.45, 7) is 5.56. The maximum atomic E-state index is 5.87. The first-order chi connectivity index (χ1) is 8.24. The van der Waals surface area contributed by atoms with E-state index in [2.05, 4.69) is 31.3 Å². The van der Waals surface area contributed by atoms with Crippen LogP contribution >= 0.6 is 11.6 Å². The number of halogens is 1. The number of hydrogen-bond donors (Lipinski definition) is 1. The molecule has 0 heterocycles. The van der Waals surface area contributed by atoms with Gasteiger partial charge in [0.25, 0.3) is 0 Å². The van der Waals surface area contributed by atoms with E-state index >= 15 is 0 Å². The van der Waals surface area contributed by atoms with Crippen LogP contribution in [0.1, 0.15) is 57.6 Å². The highest BCUT2D eigenvalue weighted by Crippen LogP contribution is 2.16. The molecule has 0 bridgehead atoms. The summed E-state index contributed by atoms with van der Waals surface area (Å²) in [6, 6.07) is 8.51. The Labute approximate surface area is 111 Å². The van der Waals surface area contributed by atoms with Crippen molar-refractivity contribution >= 4 is 11.6 Å². The molecule has 0 aromatic heterocycles.